The Morgan fingerprint density at radius 3 is 1.80 bits per heavy atom. The van der Waals surface area contributed by atoms with Crippen LogP contribution in [0.3, 0.4) is 0 Å². The van der Waals surface area contributed by atoms with Crippen LogP contribution in [0.25, 0.3) is 11.2 Å². The number of nitrogens with two attached hydrogens (primary N) is 1. The Labute approximate surface area is 488 Å². The van der Waals surface area contributed by atoms with Crippen LogP contribution in [0, 0.1) is 0 Å². The monoisotopic (exact) mass is 1270 g/mol. The number of aromatic nitrogens is 4. The fourth-order valence-corrected chi connectivity index (χ4v) is 13.3. The van der Waals surface area contributed by atoms with Gasteiger partial charge in [-0.1, -0.05) is 48.0 Å². The smallest absolute Gasteiger partial charge is 0.387 e. The third-order valence-electron chi connectivity index (χ3n) is 12.8. The maximum Gasteiger partial charge on any atom is 0.538 e. The molecule has 5 heterocycles. The highest BCUT2D eigenvalue weighted by molar-refractivity contribution is 8.00. The molecule has 0 bridgehead atoms. The van der Waals surface area contributed by atoms with E-state index in [-0.39, 0.29) is 80.2 Å². The fourth-order valence-electron chi connectivity index (χ4n) is 8.28. The van der Waals surface area contributed by atoms with Gasteiger partial charge in [0.1, 0.15) is 30.2 Å². The first-order valence-electron chi connectivity index (χ1n) is 27.7. The Kier molecular flexibility index (Phi) is 34.9. The molecule has 0 radical (unpaired) electrons. The van der Waals surface area contributed by atoms with E-state index < -0.39 is 72.9 Å². The number of phosphoric acid groups is 3. The summed E-state index contributed by atoms with van der Waals surface area (Å²) in [5, 5.41) is 32.6. The number of aliphatic hydroxyl groups excluding tert-OH is 2. The molecule has 9 unspecified atom stereocenters. The van der Waals surface area contributed by atoms with Crippen molar-refractivity contribution in [2.45, 2.75) is 128 Å². The lowest BCUT2D eigenvalue weighted by molar-refractivity contribution is -0.135. The van der Waals surface area contributed by atoms with E-state index >= 15 is 0 Å². The molecule has 11 N–H and O–H groups in total. The Hall–Kier alpha value is -3.53. The van der Waals surface area contributed by atoms with Crippen molar-refractivity contribution in [3.63, 3.8) is 0 Å². The summed E-state index contributed by atoms with van der Waals surface area (Å²) in [6.45, 7) is 22.1. The normalized spacial score (nSPS) is 22.3. The van der Waals surface area contributed by atoms with Crippen LogP contribution in [0.15, 0.2) is 12.7 Å². The average molecular weight is 1270 g/mol. The van der Waals surface area contributed by atoms with Crippen LogP contribution in [-0.4, -0.2) is 231 Å². The number of fused-ring (bicyclic) bond motifs is 2. The molecule has 0 saturated carbocycles. The van der Waals surface area contributed by atoms with Gasteiger partial charge in [0.05, 0.1) is 77.9 Å². The van der Waals surface area contributed by atoms with Crippen molar-refractivity contribution < 1.29 is 99.1 Å². The molecular formula is C47H88N11O21P3S. The van der Waals surface area contributed by atoms with E-state index in [2.05, 4.69) is 105 Å². The molecule has 10 atom stereocenters. The van der Waals surface area contributed by atoms with Crippen molar-refractivity contribution >= 4 is 76.0 Å². The molecule has 32 nitrogen and oxygen atoms in total. The number of ether oxygens (including phenoxy) is 5. The van der Waals surface area contributed by atoms with Crippen molar-refractivity contribution in [3.05, 3.63) is 12.7 Å². The minimum Gasteiger partial charge on any atom is -0.387 e. The SMILES string of the molecule is CCN(CC)CC.CCN(CC)CC.Nc1ncnc2c1ncn2C1OC(COP(=O)(O)OP(=O)(O)OP(=O)(O)OC(=O)CCCC(=O)NCCOCCOCCOCCOCCNC(=O)CCCC[C@@H]2SCC3NC(=O)NC32)C(O)C1O. The Bertz CT molecular complexity index is 2360. The van der Waals surface area contributed by atoms with Crippen molar-refractivity contribution in [2.24, 2.45) is 0 Å². The number of nitrogens with zero attached hydrogens (tertiary/aromatic N) is 6. The second-order valence-corrected chi connectivity index (χ2v) is 24.4. The second kappa shape index (κ2) is 39.3. The van der Waals surface area contributed by atoms with E-state index in [1.54, 1.807) is 0 Å². The lowest BCUT2D eigenvalue weighted by Gasteiger charge is -2.20. The number of urea groups is 1. The van der Waals surface area contributed by atoms with E-state index in [1.165, 1.54) is 50.2 Å². The zero-order valence-corrected chi connectivity index (χ0v) is 51.7. The summed E-state index contributed by atoms with van der Waals surface area (Å²) in [5.41, 5.74) is 6.00. The highest BCUT2D eigenvalue weighted by Gasteiger charge is 2.48. The number of amides is 4. The summed E-state index contributed by atoms with van der Waals surface area (Å²) in [7, 11) is -17.4. The quantitative estimate of drug-likeness (QED) is 0.0259. The third kappa shape index (κ3) is 28.2. The number of imidazole rings is 1. The van der Waals surface area contributed by atoms with E-state index in [0.717, 1.165) is 31.3 Å². The number of nitrogen functional groups attached to an aromatic ring is 1. The standard InChI is InChI=1S/C35H58N9O21P3S.2C6H15N/c36-32-29-33(40-20-39-32)44(21-41-29)34-31(49)30(48)23(62-34)18-61-66(51,52)64-68(55,56)65-67(53,54)63-27(47)7-3-6-26(46)38-9-11-58-13-15-60-17-16-59-14-12-57-10-8-37-25(45)5-2-1-4-24-28-22(19-69-24)42-35(50)43-28;2*1-4-7(5-2)6-3/h20-24,28,30-31,34,48-49H,1-19H2,(H,37,45)(H,38,46)(H,51,52)(H,53,54)(H,55,56)(H2,36,39,40)(H2,42,43,50);2*4-6H2,1-3H3/t22?,23?,24-,28?,30?,31?,34?;;/m0../s1. The molecule has 4 amide bonds. The van der Waals surface area contributed by atoms with Gasteiger partial charge in [0.15, 0.2) is 17.7 Å². The summed E-state index contributed by atoms with van der Waals surface area (Å²) in [6.07, 6.45) is -1.98. The third-order valence-corrected chi connectivity index (χ3v) is 18.6. The number of hydrogen-bond acceptors (Lipinski definition) is 25. The number of carbonyl (C=O) groups is 4. The first kappa shape index (κ1) is 73.7. The van der Waals surface area contributed by atoms with Crippen LogP contribution in [-0.2, 0) is 69.4 Å². The minimum absolute atomic E-state index is 0.00886. The molecule has 3 saturated heterocycles. The van der Waals surface area contributed by atoms with Crippen LogP contribution >= 0.6 is 35.2 Å². The number of thioether (sulfide) groups is 1. The Balaban J connectivity index is 0.00000114. The molecule has 478 valence electrons. The lowest BCUT2D eigenvalue weighted by Crippen LogP contribution is -2.36. The Morgan fingerprint density at radius 2 is 1.25 bits per heavy atom. The number of hydrogen-bond donors (Lipinski definition) is 10. The number of nitrogens with one attached hydrogen (secondary N) is 4. The van der Waals surface area contributed by atoms with Gasteiger partial charge in [-0.3, -0.25) is 28.4 Å². The molecule has 0 aliphatic carbocycles. The largest absolute Gasteiger partial charge is 0.538 e. The summed E-state index contributed by atoms with van der Waals surface area (Å²) in [5.74, 6) is -1.04. The van der Waals surface area contributed by atoms with Gasteiger partial charge < -0.3 is 85.0 Å². The molecule has 5 rings (SSSR count). The van der Waals surface area contributed by atoms with E-state index in [9.17, 15) is 57.8 Å². The number of aliphatic hydroxyl groups is 2. The highest BCUT2D eigenvalue weighted by Crippen LogP contribution is 2.68. The average Bonchev–Trinajstić information content (AvgIpc) is 2.84. The summed E-state index contributed by atoms with van der Waals surface area (Å²) >= 11 is 1.86. The molecule has 0 aromatic carbocycles. The van der Waals surface area contributed by atoms with Gasteiger partial charge in [0, 0.05) is 43.4 Å². The Morgan fingerprint density at radius 1 is 0.723 bits per heavy atom. The number of unbranched alkanes of at least 4 members (excludes halogenated alkanes) is 1. The second-order valence-electron chi connectivity index (χ2n) is 18.6. The van der Waals surface area contributed by atoms with Gasteiger partial charge >= 0.3 is 35.5 Å². The number of carbonyl (C=O) groups excluding carboxylic acids is 4. The van der Waals surface area contributed by atoms with Crippen LogP contribution in [0.4, 0.5) is 10.6 Å². The van der Waals surface area contributed by atoms with Crippen LogP contribution < -0.4 is 27.0 Å². The molecule has 3 aliphatic heterocycles. The summed E-state index contributed by atoms with van der Waals surface area (Å²) in [6, 6.07) is 0.274. The lowest BCUT2D eigenvalue weighted by atomic mass is 10.0. The molecule has 3 fully saturated rings. The van der Waals surface area contributed by atoms with E-state index in [1.807, 2.05) is 11.8 Å². The molecule has 36 heteroatoms. The van der Waals surface area contributed by atoms with Gasteiger partial charge in [-0.25, -0.2) is 33.4 Å². The predicted octanol–water partition coefficient (Wildman–Crippen LogP) is 1.81. The maximum absolute atomic E-state index is 12.4. The van der Waals surface area contributed by atoms with Crippen LogP contribution in [0.2, 0.25) is 0 Å². The minimum atomic E-state index is -5.98. The van der Waals surface area contributed by atoms with Gasteiger partial charge in [-0.05, 0) is 58.5 Å². The van der Waals surface area contributed by atoms with E-state index in [0.29, 0.717) is 51.2 Å². The van der Waals surface area contributed by atoms with Crippen molar-refractivity contribution in [2.75, 3.05) is 123 Å². The summed E-state index contributed by atoms with van der Waals surface area (Å²) in [4.78, 5) is 93.9. The van der Waals surface area contributed by atoms with Crippen LogP contribution in [0.1, 0.15) is 92.7 Å². The van der Waals surface area contributed by atoms with Crippen molar-refractivity contribution in [1.29, 1.82) is 0 Å². The van der Waals surface area contributed by atoms with Crippen molar-refractivity contribution in [3.8, 4) is 0 Å². The zero-order chi connectivity index (χ0) is 61.4. The van der Waals surface area contributed by atoms with Crippen LogP contribution in [0.5, 0.6) is 0 Å². The van der Waals surface area contributed by atoms with Crippen molar-refractivity contribution in [1.82, 2.24) is 50.6 Å². The number of rotatable bonds is 39. The molecule has 83 heavy (non-hydrogen) atoms. The topological polar surface area (TPSA) is 428 Å². The van der Waals surface area contributed by atoms with Gasteiger partial charge in [-0.15, -0.1) is 0 Å². The molecule has 3 aliphatic rings. The highest BCUT2D eigenvalue weighted by atomic mass is 32.2. The zero-order valence-electron chi connectivity index (χ0n) is 48.2. The molecule has 2 aromatic rings. The number of anilines is 1. The predicted molar refractivity (Wildman–Crippen MR) is 303 cm³/mol. The first-order valence-corrected chi connectivity index (χ1v) is 33.3. The van der Waals surface area contributed by atoms with Gasteiger partial charge in [0.25, 0.3) is 0 Å². The molecule has 2 aromatic heterocycles. The molecule has 0 spiro atoms. The maximum atomic E-state index is 12.4. The number of phosphoric ester groups is 2. The molecular weight excluding hydrogens is 1180 g/mol. The van der Waals surface area contributed by atoms with E-state index in [4.69, 9.17) is 29.4 Å². The van der Waals surface area contributed by atoms with Gasteiger partial charge in [0.2, 0.25) is 11.8 Å². The fraction of sp³-hybridized carbons (Fsp3) is 0.809. The van der Waals surface area contributed by atoms with Gasteiger partial charge in [-0.2, -0.15) is 20.4 Å². The first-order chi connectivity index (χ1) is 39.5. The summed E-state index contributed by atoms with van der Waals surface area (Å²) < 4.78 is 82.0.